The third-order valence-electron chi connectivity index (χ3n) is 5.16. The zero-order valence-electron chi connectivity index (χ0n) is 14.6. The van der Waals surface area contributed by atoms with Gasteiger partial charge in [-0.2, -0.15) is 0 Å². The number of ether oxygens (including phenoxy) is 1. The molecule has 2 aromatic rings. The molecule has 2 fully saturated rings. The normalized spacial score (nSPS) is 24.8. The molecule has 2 aliphatic heterocycles. The van der Waals surface area contributed by atoms with Crippen molar-refractivity contribution < 1.29 is 13.9 Å². The van der Waals surface area contributed by atoms with Gasteiger partial charge in [-0.25, -0.2) is 0 Å². The first-order valence-electron chi connectivity index (χ1n) is 8.82. The van der Waals surface area contributed by atoms with Gasteiger partial charge in [-0.05, 0) is 43.5 Å². The second-order valence-corrected chi connectivity index (χ2v) is 8.26. The molecule has 0 N–H and O–H groups in total. The largest absolute Gasteiger partial charge is 0.456 e. The van der Waals surface area contributed by atoms with E-state index in [1.807, 2.05) is 17.9 Å². The van der Waals surface area contributed by atoms with Crippen LogP contribution in [0.2, 0.25) is 0 Å². The average molecular weight is 360 g/mol. The van der Waals surface area contributed by atoms with Crippen molar-refractivity contribution >= 4 is 17.2 Å². The van der Waals surface area contributed by atoms with E-state index < -0.39 is 0 Å². The molecule has 2 saturated heterocycles. The summed E-state index contributed by atoms with van der Waals surface area (Å²) >= 11 is 1.80. The number of furan rings is 1. The number of thiophene rings is 1. The highest BCUT2D eigenvalue weighted by molar-refractivity contribution is 7.09. The van der Waals surface area contributed by atoms with Gasteiger partial charge < -0.3 is 14.1 Å². The minimum Gasteiger partial charge on any atom is -0.456 e. The van der Waals surface area contributed by atoms with E-state index in [4.69, 9.17) is 9.15 Å². The SMILES string of the molecule is Cc1ccc(C(=O)N2CCOCC3(CCN(Cc4cccs4)C3)C2)o1. The summed E-state index contributed by atoms with van der Waals surface area (Å²) in [7, 11) is 0. The van der Waals surface area contributed by atoms with Crippen LogP contribution in [0.1, 0.15) is 27.6 Å². The van der Waals surface area contributed by atoms with Gasteiger partial charge in [0.15, 0.2) is 5.76 Å². The second kappa shape index (κ2) is 6.94. The molecule has 0 radical (unpaired) electrons. The highest BCUT2D eigenvalue weighted by Gasteiger charge is 2.42. The first-order valence-corrected chi connectivity index (χ1v) is 9.70. The Morgan fingerprint density at radius 1 is 1.28 bits per heavy atom. The number of aryl methyl sites for hydroxylation is 1. The standard InChI is InChI=1S/C19H24N2O3S/c1-15-4-5-17(24-15)18(22)21-8-9-23-14-19(13-21)6-7-20(12-19)11-16-3-2-10-25-16/h2-5,10H,6-9,11-14H2,1H3. The van der Waals surface area contributed by atoms with Crippen LogP contribution in [0.5, 0.6) is 0 Å². The number of carbonyl (C=O) groups is 1. The number of hydrogen-bond acceptors (Lipinski definition) is 5. The van der Waals surface area contributed by atoms with Gasteiger partial charge in [0, 0.05) is 36.5 Å². The van der Waals surface area contributed by atoms with E-state index in [0.717, 1.165) is 45.0 Å². The van der Waals surface area contributed by atoms with Crippen LogP contribution in [0.4, 0.5) is 0 Å². The van der Waals surface area contributed by atoms with Gasteiger partial charge in [0.05, 0.1) is 13.2 Å². The van der Waals surface area contributed by atoms with Crippen molar-refractivity contribution in [2.45, 2.75) is 19.9 Å². The van der Waals surface area contributed by atoms with Gasteiger partial charge in [-0.15, -0.1) is 11.3 Å². The number of rotatable bonds is 3. The van der Waals surface area contributed by atoms with Crippen molar-refractivity contribution in [1.82, 2.24) is 9.80 Å². The summed E-state index contributed by atoms with van der Waals surface area (Å²) in [5.41, 5.74) is 0.0328. The molecule has 25 heavy (non-hydrogen) atoms. The molecule has 4 rings (SSSR count). The van der Waals surface area contributed by atoms with E-state index in [9.17, 15) is 4.79 Å². The van der Waals surface area contributed by atoms with Crippen molar-refractivity contribution in [3.8, 4) is 0 Å². The number of likely N-dealkylation sites (tertiary alicyclic amines) is 1. The Bertz CT molecular complexity index is 727. The Kier molecular flexibility index (Phi) is 4.67. The maximum Gasteiger partial charge on any atom is 0.289 e. The van der Waals surface area contributed by atoms with Crippen LogP contribution in [0.15, 0.2) is 34.1 Å². The van der Waals surface area contributed by atoms with E-state index in [1.165, 1.54) is 4.88 Å². The molecule has 2 aliphatic rings. The second-order valence-electron chi connectivity index (χ2n) is 7.23. The first kappa shape index (κ1) is 16.8. The van der Waals surface area contributed by atoms with Crippen molar-refractivity contribution in [3.63, 3.8) is 0 Å². The van der Waals surface area contributed by atoms with Crippen LogP contribution in [0, 0.1) is 12.3 Å². The van der Waals surface area contributed by atoms with Crippen LogP contribution >= 0.6 is 11.3 Å². The van der Waals surface area contributed by atoms with E-state index in [-0.39, 0.29) is 11.3 Å². The van der Waals surface area contributed by atoms with E-state index in [0.29, 0.717) is 18.9 Å². The minimum atomic E-state index is -0.0188. The van der Waals surface area contributed by atoms with E-state index in [2.05, 4.69) is 22.4 Å². The lowest BCUT2D eigenvalue weighted by molar-refractivity contribution is 0.0624. The summed E-state index contributed by atoms with van der Waals surface area (Å²) in [6.45, 7) is 7.59. The zero-order valence-corrected chi connectivity index (χ0v) is 15.4. The molecule has 0 saturated carbocycles. The zero-order chi connectivity index (χ0) is 17.3. The van der Waals surface area contributed by atoms with E-state index in [1.54, 1.807) is 17.4 Å². The summed E-state index contributed by atoms with van der Waals surface area (Å²) in [5, 5.41) is 2.13. The van der Waals surface area contributed by atoms with Crippen LogP contribution in [0.3, 0.4) is 0 Å². The molecule has 1 amide bonds. The third-order valence-corrected chi connectivity index (χ3v) is 6.02. The number of nitrogens with zero attached hydrogens (tertiary/aromatic N) is 2. The highest BCUT2D eigenvalue weighted by Crippen LogP contribution is 2.35. The van der Waals surface area contributed by atoms with Crippen molar-refractivity contribution in [2.24, 2.45) is 5.41 Å². The molecule has 0 aliphatic carbocycles. The van der Waals surface area contributed by atoms with Gasteiger partial charge in [0.2, 0.25) is 0 Å². The summed E-state index contributed by atoms with van der Waals surface area (Å²) in [6.07, 6.45) is 1.07. The van der Waals surface area contributed by atoms with Gasteiger partial charge in [0.25, 0.3) is 5.91 Å². The van der Waals surface area contributed by atoms with Gasteiger partial charge >= 0.3 is 0 Å². The lowest BCUT2D eigenvalue weighted by Crippen LogP contribution is -2.43. The number of hydrogen-bond donors (Lipinski definition) is 0. The number of amides is 1. The molecular weight excluding hydrogens is 336 g/mol. The van der Waals surface area contributed by atoms with Crippen LogP contribution in [0.25, 0.3) is 0 Å². The van der Waals surface area contributed by atoms with Crippen molar-refractivity contribution in [2.75, 3.05) is 39.4 Å². The third kappa shape index (κ3) is 3.66. The fourth-order valence-electron chi connectivity index (χ4n) is 3.90. The van der Waals surface area contributed by atoms with Gasteiger partial charge in [-0.3, -0.25) is 9.69 Å². The summed E-state index contributed by atoms with van der Waals surface area (Å²) in [5.74, 6) is 1.18. The van der Waals surface area contributed by atoms with Gasteiger partial charge in [0.1, 0.15) is 5.76 Å². The van der Waals surface area contributed by atoms with Crippen molar-refractivity contribution in [1.29, 1.82) is 0 Å². The summed E-state index contributed by atoms with van der Waals surface area (Å²) in [4.78, 5) is 18.6. The first-order chi connectivity index (χ1) is 12.1. The molecule has 134 valence electrons. The van der Waals surface area contributed by atoms with Crippen LogP contribution in [-0.2, 0) is 11.3 Å². The maximum absolute atomic E-state index is 12.8. The molecule has 0 bridgehead atoms. The molecule has 0 aromatic carbocycles. The molecule has 5 nitrogen and oxygen atoms in total. The van der Waals surface area contributed by atoms with Crippen LogP contribution < -0.4 is 0 Å². The summed E-state index contributed by atoms with van der Waals surface area (Å²) in [6, 6.07) is 7.91. The minimum absolute atomic E-state index is 0.0188. The molecule has 2 aromatic heterocycles. The Morgan fingerprint density at radius 3 is 2.96 bits per heavy atom. The monoisotopic (exact) mass is 360 g/mol. The molecule has 1 unspecified atom stereocenters. The Labute approximate surface area is 152 Å². The number of carbonyl (C=O) groups excluding carboxylic acids is 1. The molecule has 6 heteroatoms. The highest BCUT2D eigenvalue weighted by atomic mass is 32.1. The molecule has 1 spiro atoms. The topological polar surface area (TPSA) is 45.9 Å². The fraction of sp³-hybridized carbons (Fsp3) is 0.526. The predicted octanol–water partition coefficient (Wildman–Crippen LogP) is 3.01. The Hall–Kier alpha value is -1.63. The Balaban J connectivity index is 1.45. The average Bonchev–Trinajstić information content (AvgIpc) is 3.30. The Morgan fingerprint density at radius 2 is 2.20 bits per heavy atom. The quantitative estimate of drug-likeness (QED) is 0.844. The predicted molar refractivity (Wildman–Crippen MR) is 96.8 cm³/mol. The van der Waals surface area contributed by atoms with Gasteiger partial charge in [-0.1, -0.05) is 6.07 Å². The fourth-order valence-corrected chi connectivity index (χ4v) is 4.65. The van der Waals surface area contributed by atoms with Crippen LogP contribution in [-0.4, -0.2) is 55.1 Å². The summed E-state index contributed by atoms with van der Waals surface area (Å²) < 4.78 is 11.4. The van der Waals surface area contributed by atoms with E-state index >= 15 is 0 Å². The smallest absolute Gasteiger partial charge is 0.289 e. The molecule has 4 heterocycles. The van der Waals surface area contributed by atoms with Crippen molar-refractivity contribution in [3.05, 3.63) is 46.0 Å². The lowest BCUT2D eigenvalue weighted by atomic mass is 9.87. The molecular formula is C19H24N2O3S. The molecule has 1 atom stereocenters. The lowest BCUT2D eigenvalue weighted by Gasteiger charge is -2.31. The maximum atomic E-state index is 12.8.